The van der Waals surface area contributed by atoms with Crippen LogP contribution in [-0.4, -0.2) is 29.6 Å². The molecule has 0 aromatic rings. The number of carbonyl (C=O) groups excluding carboxylic acids is 2. The van der Waals surface area contributed by atoms with Gasteiger partial charge >= 0.3 is 5.97 Å². The molecular formula is C22H34O4. The van der Waals surface area contributed by atoms with Crippen LogP contribution in [0.1, 0.15) is 65.2 Å². The third-order valence-corrected chi connectivity index (χ3v) is 3.56. The van der Waals surface area contributed by atoms with Gasteiger partial charge in [-0.15, -0.1) is 0 Å². The molecule has 0 saturated heterocycles. The molecule has 0 aromatic heterocycles. The van der Waals surface area contributed by atoms with E-state index < -0.39 is 6.10 Å². The third-order valence-electron chi connectivity index (χ3n) is 3.56. The lowest BCUT2D eigenvalue weighted by Gasteiger charge is -2.00. The molecule has 0 amide bonds. The molecule has 0 heterocycles. The van der Waals surface area contributed by atoms with Crippen molar-refractivity contribution in [3.8, 4) is 0 Å². The monoisotopic (exact) mass is 362 g/mol. The standard InChI is InChI=1S/C22H34O4/c1-3-5-6-7-10-15-20(23)17-13-14-18-21(24)16-11-8-9-12-19-22(25)26-4-2/h8,10-11,13-15,17-18,21,24H,3-7,9,12,16,19H2,1-2H3/b11-8-,15-10+,17-13+,18-14+/t21-/m0/s1. The van der Waals surface area contributed by atoms with Gasteiger partial charge in [-0.25, -0.2) is 0 Å². The van der Waals surface area contributed by atoms with Crippen molar-refractivity contribution in [3.05, 3.63) is 48.6 Å². The molecule has 4 nitrogen and oxygen atoms in total. The summed E-state index contributed by atoms with van der Waals surface area (Å²) in [6, 6.07) is 0. The van der Waals surface area contributed by atoms with E-state index in [9.17, 15) is 14.7 Å². The highest BCUT2D eigenvalue weighted by molar-refractivity contribution is 5.99. The number of hydrogen-bond donors (Lipinski definition) is 1. The number of hydrogen-bond acceptors (Lipinski definition) is 4. The molecule has 26 heavy (non-hydrogen) atoms. The lowest BCUT2D eigenvalue weighted by Crippen LogP contribution is -2.02. The van der Waals surface area contributed by atoms with Crippen LogP contribution < -0.4 is 0 Å². The van der Waals surface area contributed by atoms with Crippen LogP contribution in [0.3, 0.4) is 0 Å². The number of aliphatic hydroxyl groups excluding tert-OH is 1. The Morgan fingerprint density at radius 3 is 2.46 bits per heavy atom. The summed E-state index contributed by atoms with van der Waals surface area (Å²) in [6.07, 6.45) is 20.1. The SMILES string of the molecule is CCCCC/C=C/C(=O)/C=C/C=C/[C@@H](O)C/C=C\CCCC(=O)OCC. The summed E-state index contributed by atoms with van der Waals surface area (Å²) in [5.41, 5.74) is 0. The smallest absolute Gasteiger partial charge is 0.305 e. The molecule has 0 radical (unpaired) electrons. The van der Waals surface area contributed by atoms with Crippen LogP contribution in [0.15, 0.2) is 48.6 Å². The highest BCUT2D eigenvalue weighted by Gasteiger charge is 1.99. The first-order chi connectivity index (χ1) is 12.6. The number of ether oxygens (including phenoxy) is 1. The second-order valence-electron chi connectivity index (χ2n) is 6.02. The second kappa shape index (κ2) is 17.9. The van der Waals surface area contributed by atoms with Crippen LogP contribution >= 0.6 is 0 Å². The van der Waals surface area contributed by atoms with Gasteiger partial charge in [0.15, 0.2) is 5.78 Å². The highest BCUT2D eigenvalue weighted by atomic mass is 16.5. The van der Waals surface area contributed by atoms with Crippen LogP contribution in [0, 0.1) is 0 Å². The maximum absolute atomic E-state index is 11.6. The fourth-order valence-corrected chi connectivity index (χ4v) is 2.14. The molecule has 0 saturated carbocycles. The lowest BCUT2D eigenvalue weighted by molar-refractivity contribution is -0.143. The fraction of sp³-hybridized carbons (Fsp3) is 0.545. The van der Waals surface area contributed by atoms with Gasteiger partial charge < -0.3 is 9.84 Å². The highest BCUT2D eigenvalue weighted by Crippen LogP contribution is 2.02. The Kier molecular flexibility index (Phi) is 16.5. The van der Waals surface area contributed by atoms with Crippen molar-refractivity contribution >= 4 is 11.8 Å². The second-order valence-corrected chi connectivity index (χ2v) is 6.02. The van der Waals surface area contributed by atoms with Gasteiger partial charge in [-0.05, 0) is 51.2 Å². The van der Waals surface area contributed by atoms with Gasteiger partial charge in [0.25, 0.3) is 0 Å². The predicted octanol–water partition coefficient (Wildman–Crippen LogP) is 4.85. The molecule has 0 aliphatic heterocycles. The van der Waals surface area contributed by atoms with Crippen LogP contribution in [-0.2, 0) is 14.3 Å². The van der Waals surface area contributed by atoms with Crippen molar-refractivity contribution in [3.63, 3.8) is 0 Å². The van der Waals surface area contributed by atoms with E-state index in [1.54, 1.807) is 31.2 Å². The summed E-state index contributed by atoms with van der Waals surface area (Å²) in [4.78, 5) is 22.7. The zero-order valence-electron chi connectivity index (χ0n) is 16.2. The minimum Gasteiger partial charge on any atom is -0.466 e. The van der Waals surface area contributed by atoms with Crippen molar-refractivity contribution < 1.29 is 19.4 Å². The molecule has 0 aliphatic rings. The van der Waals surface area contributed by atoms with Crippen LogP contribution in [0.4, 0.5) is 0 Å². The van der Waals surface area contributed by atoms with Crippen molar-refractivity contribution in [2.75, 3.05) is 6.61 Å². The number of unbranched alkanes of at least 4 members (excludes halogenated alkanes) is 4. The quantitative estimate of drug-likeness (QED) is 0.149. The van der Waals surface area contributed by atoms with E-state index >= 15 is 0 Å². The van der Waals surface area contributed by atoms with Crippen LogP contribution in [0.5, 0.6) is 0 Å². The summed E-state index contributed by atoms with van der Waals surface area (Å²) in [7, 11) is 0. The lowest BCUT2D eigenvalue weighted by atomic mass is 10.1. The van der Waals surface area contributed by atoms with Crippen molar-refractivity contribution in [1.29, 1.82) is 0 Å². The van der Waals surface area contributed by atoms with Gasteiger partial charge in [0, 0.05) is 6.42 Å². The molecule has 0 bridgehead atoms. The average Bonchev–Trinajstić information content (AvgIpc) is 2.61. The van der Waals surface area contributed by atoms with Gasteiger partial charge in [0.2, 0.25) is 0 Å². The van der Waals surface area contributed by atoms with Crippen molar-refractivity contribution in [2.45, 2.75) is 71.3 Å². The van der Waals surface area contributed by atoms with Gasteiger partial charge in [-0.2, -0.15) is 0 Å². The fourth-order valence-electron chi connectivity index (χ4n) is 2.14. The van der Waals surface area contributed by atoms with Crippen molar-refractivity contribution in [1.82, 2.24) is 0 Å². The molecule has 4 heteroatoms. The molecule has 0 aliphatic carbocycles. The average molecular weight is 363 g/mol. The molecule has 1 N–H and O–H groups in total. The summed E-state index contributed by atoms with van der Waals surface area (Å²) in [6.45, 7) is 4.37. The number of aliphatic hydroxyl groups is 1. The van der Waals surface area contributed by atoms with E-state index in [1.807, 2.05) is 18.2 Å². The van der Waals surface area contributed by atoms with Crippen LogP contribution in [0.25, 0.3) is 0 Å². The predicted molar refractivity (Wildman–Crippen MR) is 107 cm³/mol. The molecular weight excluding hydrogens is 328 g/mol. The largest absolute Gasteiger partial charge is 0.466 e. The summed E-state index contributed by atoms with van der Waals surface area (Å²) in [5, 5.41) is 9.81. The normalized spacial score (nSPS) is 13.3. The van der Waals surface area contributed by atoms with Gasteiger partial charge in [0.05, 0.1) is 12.7 Å². The van der Waals surface area contributed by atoms with E-state index in [4.69, 9.17) is 4.74 Å². The van der Waals surface area contributed by atoms with Gasteiger partial charge in [-0.3, -0.25) is 9.59 Å². The number of esters is 1. The molecule has 0 rings (SSSR count). The molecule has 1 atom stereocenters. The Labute approximate surface area is 158 Å². The van der Waals surface area contributed by atoms with Gasteiger partial charge in [0.1, 0.15) is 0 Å². The maximum atomic E-state index is 11.6. The van der Waals surface area contributed by atoms with E-state index in [0.29, 0.717) is 19.4 Å². The first-order valence-corrected chi connectivity index (χ1v) is 9.64. The number of ketones is 1. The summed E-state index contributed by atoms with van der Waals surface area (Å²) in [5.74, 6) is -0.205. The van der Waals surface area contributed by atoms with E-state index in [1.165, 1.54) is 18.9 Å². The van der Waals surface area contributed by atoms with E-state index in [0.717, 1.165) is 25.7 Å². The molecule has 0 aromatic carbocycles. The number of rotatable bonds is 15. The van der Waals surface area contributed by atoms with E-state index in [2.05, 4.69) is 6.92 Å². The summed E-state index contributed by atoms with van der Waals surface area (Å²) >= 11 is 0. The Bertz CT molecular complexity index is 486. The van der Waals surface area contributed by atoms with Gasteiger partial charge in [-0.1, -0.05) is 56.2 Å². The first kappa shape index (κ1) is 24.1. The molecule has 0 fully saturated rings. The molecule has 0 unspecified atom stereocenters. The minimum atomic E-state index is -0.583. The maximum Gasteiger partial charge on any atom is 0.305 e. The topological polar surface area (TPSA) is 63.6 Å². The summed E-state index contributed by atoms with van der Waals surface area (Å²) < 4.78 is 4.85. The number of carbonyl (C=O) groups is 2. The number of allylic oxidation sites excluding steroid dienone is 6. The Hall–Kier alpha value is -1.94. The third kappa shape index (κ3) is 16.9. The van der Waals surface area contributed by atoms with E-state index in [-0.39, 0.29) is 11.8 Å². The zero-order chi connectivity index (χ0) is 19.5. The Morgan fingerprint density at radius 1 is 0.962 bits per heavy atom. The van der Waals surface area contributed by atoms with Crippen LogP contribution in [0.2, 0.25) is 0 Å². The molecule has 146 valence electrons. The zero-order valence-corrected chi connectivity index (χ0v) is 16.2. The first-order valence-electron chi connectivity index (χ1n) is 9.64. The van der Waals surface area contributed by atoms with Crippen molar-refractivity contribution in [2.24, 2.45) is 0 Å². The Balaban J connectivity index is 3.84. The molecule has 0 spiro atoms. The Morgan fingerprint density at radius 2 is 1.73 bits per heavy atom. The minimum absolute atomic E-state index is 0.0397.